The molecule has 0 saturated carbocycles. The number of halogens is 2. The number of amides is 2. The van der Waals surface area contributed by atoms with Crippen molar-refractivity contribution in [3.8, 4) is 0 Å². The van der Waals surface area contributed by atoms with E-state index in [-0.39, 0.29) is 23.0 Å². The molecular weight excluding hydrogens is 327 g/mol. The molecule has 0 spiro atoms. The average molecular weight is 341 g/mol. The van der Waals surface area contributed by atoms with Crippen LogP contribution in [0, 0.1) is 5.82 Å². The molecule has 1 unspecified atom stereocenters. The van der Waals surface area contributed by atoms with Gasteiger partial charge >= 0.3 is 11.8 Å². The summed E-state index contributed by atoms with van der Waals surface area (Å²) in [6.45, 7) is 1.19. The van der Waals surface area contributed by atoms with Crippen molar-refractivity contribution < 1.29 is 23.5 Å². The average Bonchev–Trinajstić information content (AvgIpc) is 3.04. The van der Waals surface area contributed by atoms with Crippen molar-refractivity contribution in [3.05, 3.63) is 53.2 Å². The van der Waals surface area contributed by atoms with Gasteiger partial charge in [0.2, 0.25) is 0 Å². The van der Waals surface area contributed by atoms with Crippen LogP contribution in [0.5, 0.6) is 0 Å². The van der Waals surface area contributed by atoms with Crippen molar-refractivity contribution in [3.63, 3.8) is 0 Å². The van der Waals surface area contributed by atoms with Crippen LogP contribution < -0.4 is 10.6 Å². The molecule has 0 aliphatic carbocycles. The maximum absolute atomic E-state index is 13.3. The summed E-state index contributed by atoms with van der Waals surface area (Å²) in [6.07, 6.45) is 1.38. The first kappa shape index (κ1) is 17.0. The summed E-state index contributed by atoms with van der Waals surface area (Å²) < 4.78 is 18.3. The molecule has 0 aliphatic heterocycles. The highest BCUT2D eigenvalue weighted by Crippen LogP contribution is 2.20. The van der Waals surface area contributed by atoms with E-state index in [1.807, 2.05) is 0 Å². The van der Waals surface area contributed by atoms with Crippen LogP contribution in [0.3, 0.4) is 0 Å². The topological polar surface area (TPSA) is 91.6 Å². The lowest BCUT2D eigenvalue weighted by atomic mass is 10.0. The molecule has 2 amide bonds. The molecule has 1 heterocycles. The van der Waals surface area contributed by atoms with Crippen LogP contribution in [0.1, 0.15) is 12.7 Å². The number of rotatable bonds is 4. The summed E-state index contributed by atoms with van der Waals surface area (Å²) in [6, 6.07) is 6.74. The molecule has 122 valence electrons. The molecule has 1 aromatic heterocycles. The number of carbonyl (C=O) groups excluding carboxylic acids is 2. The van der Waals surface area contributed by atoms with E-state index >= 15 is 0 Å². The van der Waals surface area contributed by atoms with Gasteiger partial charge in [-0.2, -0.15) is 0 Å². The van der Waals surface area contributed by atoms with Crippen LogP contribution in [0.15, 0.2) is 41.0 Å². The first-order valence-corrected chi connectivity index (χ1v) is 6.98. The second kappa shape index (κ2) is 6.80. The van der Waals surface area contributed by atoms with Crippen LogP contribution in [-0.2, 0) is 15.2 Å². The first-order chi connectivity index (χ1) is 10.8. The highest BCUT2D eigenvalue weighted by atomic mass is 35.5. The highest BCUT2D eigenvalue weighted by molar-refractivity contribution is 6.39. The van der Waals surface area contributed by atoms with Crippen molar-refractivity contribution in [2.75, 3.05) is 11.9 Å². The lowest BCUT2D eigenvalue weighted by Gasteiger charge is -2.20. The van der Waals surface area contributed by atoms with Crippen LogP contribution in [0.2, 0.25) is 5.02 Å². The van der Waals surface area contributed by atoms with Gasteiger partial charge in [0.1, 0.15) is 17.2 Å². The molecular formula is C15H14ClFN2O4. The van der Waals surface area contributed by atoms with E-state index in [4.69, 9.17) is 16.0 Å². The Morgan fingerprint density at radius 2 is 2.09 bits per heavy atom. The lowest BCUT2D eigenvalue weighted by molar-refractivity contribution is -0.136. The van der Waals surface area contributed by atoms with Crippen molar-refractivity contribution >= 4 is 29.1 Å². The fourth-order valence-electron chi connectivity index (χ4n) is 1.77. The summed E-state index contributed by atoms with van der Waals surface area (Å²) >= 11 is 5.52. The number of hydrogen-bond donors (Lipinski definition) is 3. The predicted octanol–water partition coefficient (Wildman–Crippen LogP) is 2.03. The van der Waals surface area contributed by atoms with Gasteiger partial charge in [0, 0.05) is 5.69 Å². The van der Waals surface area contributed by atoms with Crippen molar-refractivity contribution in [2.45, 2.75) is 12.5 Å². The summed E-state index contributed by atoms with van der Waals surface area (Å²) in [5, 5.41) is 14.6. The van der Waals surface area contributed by atoms with Crippen LogP contribution in [0.25, 0.3) is 0 Å². The minimum Gasteiger partial charge on any atom is -0.466 e. The Morgan fingerprint density at radius 3 is 2.70 bits per heavy atom. The number of nitrogens with one attached hydrogen (secondary N) is 2. The lowest BCUT2D eigenvalue weighted by Crippen LogP contribution is -2.43. The fraction of sp³-hybridized carbons (Fsp3) is 0.200. The number of anilines is 1. The molecule has 8 heteroatoms. The van der Waals surface area contributed by atoms with Gasteiger partial charge in [0.05, 0.1) is 17.8 Å². The second-order valence-corrected chi connectivity index (χ2v) is 5.42. The van der Waals surface area contributed by atoms with E-state index in [9.17, 15) is 19.1 Å². The third kappa shape index (κ3) is 4.30. The van der Waals surface area contributed by atoms with E-state index in [2.05, 4.69) is 10.6 Å². The normalized spacial score (nSPS) is 13.2. The number of benzene rings is 1. The fourth-order valence-corrected chi connectivity index (χ4v) is 1.88. The van der Waals surface area contributed by atoms with Gasteiger partial charge in [0.25, 0.3) is 0 Å². The van der Waals surface area contributed by atoms with Crippen LogP contribution in [-0.4, -0.2) is 23.5 Å². The van der Waals surface area contributed by atoms with Gasteiger partial charge in [-0.15, -0.1) is 0 Å². The number of furan rings is 1. The predicted molar refractivity (Wildman–Crippen MR) is 81.3 cm³/mol. The molecule has 23 heavy (non-hydrogen) atoms. The minimum atomic E-state index is -1.47. The molecule has 2 rings (SSSR count). The summed E-state index contributed by atoms with van der Waals surface area (Å²) in [5.41, 5.74) is -1.38. The Morgan fingerprint density at radius 1 is 1.35 bits per heavy atom. The SMILES string of the molecule is CC(O)(CNC(=O)C(=O)Nc1ccc(Cl)c(F)c1)c1ccco1. The van der Waals surface area contributed by atoms with Crippen molar-refractivity contribution in [1.29, 1.82) is 0 Å². The smallest absolute Gasteiger partial charge is 0.313 e. The number of aliphatic hydroxyl groups is 1. The summed E-state index contributed by atoms with van der Waals surface area (Å²) in [4.78, 5) is 23.5. The minimum absolute atomic E-state index is 0.0878. The largest absolute Gasteiger partial charge is 0.466 e. The molecule has 6 nitrogen and oxygen atoms in total. The Kier molecular flexibility index (Phi) is 5.02. The van der Waals surface area contributed by atoms with E-state index in [0.29, 0.717) is 0 Å². The monoisotopic (exact) mass is 340 g/mol. The second-order valence-electron chi connectivity index (χ2n) is 5.02. The molecule has 1 aromatic carbocycles. The molecule has 2 aromatic rings. The van der Waals surface area contributed by atoms with Crippen LogP contribution >= 0.6 is 11.6 Å². The zero-order valence-electron chi connectivity index (χ0n) is 12.1. The molecule has 3 N–H and O–H groups in total. The summed E-state index contributed by atoms with van der Waals surface area (Å²) in [7, 11) is 0. The van der Waals surface area contributed by atoms with E-state index in [0.717, 1.165) is 6.07 Å². The Labute approximate surface area is 136 Å². The van der Waals surface area contributed by atoms with E-state index in [1.54, 1.807) is 12.1 Å². The molecule has 0 bridgehead atoms. The molecule has 1 atom stereocenters. The summed E-state index contributed by atoms with van der Waals surface area (Å²) in [5.74, 6) is -2.45. The highest BCUT2D eigenvalue weighted by Gasteiger charge is 2.28. The first-order valence-electron chi connectivity index (χ1n) is 6.60. The van der Waals surface area contributed by atoms with E-state index in [1.165, 1.54) is 25.3 Å². The van der Waals surface area contributed by atoms with Gasteiger partial charge in [-0.25, -0.2) is 4.39 Å². The van der Waals surface area contributed by atoms with Crippen LogP contribution in [0.4, 0.5) is 10.1 Å². The zero-order chi connectivity index (χ0) is 17.0. The molecule has 0 saturated heterocycles. The maximum Gasteiger partial charge on any atom is 0.313 e. The molecule has 0 fully saturated rings. The Hall–Kier alpha value is -2.38. The third-order valence-electron chi connectivity index (χ3n) is 3.03. The van der Waals surface area contributed by atoms with Crippen molar-refractivity contribution in [2.24, 2.45) is 0 Å². The molecule has 0 aliphatic rings. The van der Waals surface area contributed by atoms with Crippen molar-refractivity contribution in [1.82, 2.24) is 5.32 Å². The number of hydrogen-bond acceptors (Lipinski definition) is 4. The number of carbonyl (C=O) groups is 2. The Balaban J connectivity index is 1.92. The van der Waals surface area contributed by atoms with Gasteiger partial charge in [0.15, 0.2) is 0 Å². The third-order valence-corrected chi connectivity index (χ3v) is 3.34. The quantitative estimate of drug-likeness (QED) is 0.743. The van der Waals surface area contributed by atoms with Gasteiger partial charge < -0.3 is 20.2 Å². The standard InChI is InChI=1S/C15H14ClFN2O4/c1-15(22,12-3-2-6-23-12)8-18-13(20)14(21)19-9-4-5-10(16)11(17)7-9/h2-7,22H,8H2,1H3,(H,18,20)(H,19,21). The maximum atomic E-state index is 13.3. The van der Waals surface area contributed by atoms with Gasteiger partial charge in [-0.3, -0.25) is 9.59 Å². The Bertz CT molecular complexity index is 716. The molecule has 0 radical (unpaired) electrons. The van der Waals surface area contributed by atoms with E-state index < -0.39 is 23.2 Å². The van der Waals surface area contributed by atoms with Gasteiger partial charge in [-0.05, 0) is 37.3 Å². The zero-order valence-corrected chi connectivity index (χ0v) is 12.9. The van der Waals surface area contributed by atoms with Gasteiger partial charge in [-0.1, -0.05) is 11.6 Å².